The van der Waals surface area contributed by atoms with Crippen molar-refractivity contribution >= 4 is 5.78 Å². The van der Waals surface area contributed by atoms with Crippen molar-refractivity contribution in [1.82, 2.24) is 14.8 Å². The van der Waals surface area contributed by atoms with Gasteiger partial charge in [-0.3, -0.25) is 4.79 Å². The molecule has 1 aromatic heterocycles. The molecule has 0 saturated carbocycles. The summed E-state index contributed by atoms with van der Waals surface area (Å²) in [6.45, 7) is 6.75. The third-order valence-corrected chi connectivity index (χ3v) is 2.81. The molecule has 5 nitrogen and oxygen atoms in total. The first-order valence-corrected chi connectivity index (χ1v) is 6.14. The summed E-state index contributed by atoms with van der Waals surface area (Å²) in [5.41, 5.74) is 5.52. The number of hydrogen-bond acceptors (Lipinski definition) is 4. The molecule has 1 unspecified atom stereocenters. The first-order chi connectivity index (χ1) is 8.04. The predicted molar refractivity (Wildman–Crippen MR) is 66.6 cm³/mol. The highest BCUT2D eigenvalue weighted by Gasteiger charge is 2.12. The molecule has 1 aromatic rings. The van der Waals surface area contributed by atoms with E-state index in [1.807, 2.05) is 13.8 Å². The van der Waals surface area contributed by atoms with Crippen molar-refractivity contribution in [3.63, 3.8) is 0 Å². The Morgan fingerprint density at radius 1 is 1.47 bits per heavy atom. The van der Waals surface area contributed by atoms with Crippen LogP contribution in [-0.4, -0.2) is 27.1 Å². The van der Waals surface area contributed by atoms with Crippen LogP contribution >= 0.6 is 0 Å². The fourth-order valence-corrected chi connectivity index (χ4v) is 1.62. The molecule has 5 heteroatoms. The number of carbonyl (C=O) groups is 1. The Labute approximate surface area is 102 Å². The van der Waals surface area contributed by atoms with E-state index in [1.54, 1.807) is 4.68 Å². The summed E-state index contributed by atoms with van der Waals surface area (Å²) in [6, 6.07) is 0.239. The lowest BCUT2D eigenvalue weighted by Crippen LogP contribution is -2.15. The molecule has 0 fully saturated rings. The van der Waals surface area contributed by atoms with E-state index < -0.39 is 0 Å². The summed E-state index contributed by atoms with van der Waals surface area (Å²) in [7, 11) is 0. The molecule has 0 aliphatic carbocycles. The molecule has 0 bridgehead atoms. The van der Waals surface area contributed by atoms with E-state index in [9.17, 15) is 4.79 Å². The normalized spacial score (nSPS) is 13.0. The lowest BCUT2D eigenvalue weighted by atomic mass is 10.0. The largest absolute Gasteiger partial charge is 0.330 e. The minimum absolute atomic E-state index is 0.209. The zero-order valence-electron chi connectivity index (χ0n) is 10.9. The molecule has 0 aliphatic heterocycles. The standard InChI is InChI=1S/C12H22N4O/c1-9(2)16-12(14-8-15-16)6-11(17)5-4-10(3)7-13/h8-10H,4-7,13H2,1-3H3. The quantitative estimate of drug-likeness (QED) is 0.778. The lowest BCUT2D eigenvalue weighted by Gasteiger charge is -2.10. The number of carbonyl (C=O) groups excluding carboxylic acids is 1. The highest BCUT2D eigenvalue weighted by molar-refractivity contribution is 5.80. The Morgan fingerprint density at radius 2 is 2.18 bits per heavy atom. The summed E-state index contributed by atoms with van der Waals surface area (Å²) < 4.78 is 1.80. The molecule has 1 atom stereocenters. The Kier molecular flexibility index (Phi) is 5.28. The minimum Gasteiger partial charge on any atom is -0.330 e. The van der Waals surface area contributed by atoms with Crippen molar-refractivity contribution in [3.8, 4) is 0 Å². The van der Waals surface area contributed by atoms with Crippen LogP contribution in [0.1, 0.15) is 45.5 Å². The molecular weight excluding hydrogens is 216 g/mol. The Morgan fingerprint density at radius 3 is 2.76 bits per heavy atom. The van der Waals surface area contributed by atoms with E-state index in [0.29, 0.717) is 25.3 Å². The minimum atomic E-state index is 0.209. The maximum Gasteiger partial charge on any atom is 0.140 e. The SMILES string of the molecule is CC(CN)CCC(=O)Cc1ncnn1C(C)C. The van der Waals surface area contributed by atoms with Crippen molar-refractivity contribution in [3.05, 3.63) is 12.2 Å². The Hall–Kier alpha value is -1.23. The highest BCUT2D eigenvalue weighted by Crippen LogP contribution is 2.09. The number of nitrogens with two attached hydrogens (primary N) is 1. The number of rotatable bonds is 7. The van der Waals surface area contributed by atoms with Crippen molar-refractivity contribution < 1.29 is 4.79 Å². The summed E-state index contributed by atoms with van der Waals surface area (Å²) in [5, 5.41) is 4.11. The van der Waals surface area contributed by atoms with Gasteiger partial charge in [-0.05, 0) is 32.7 Å². The maximum absolute atomic E-state index is 11.8. The van der Waals surface area contributed by atoms with Gasteiger partial charge in [0.1, 0.15) is 17.9 Å². The number of aromatic nitrogens is 3. The fraction of sp³-hybridized carbons (Fsp3) is 0.750. The van der Waals surface area contributed by atoms with Gasteiger partial charge >= 0.3 is 0 Å². The molecule has 0 radical (unpaired) electrons. The highest BCUT2D eigenvalue weighted by atomic mass is 16.1. The second-order valence-corrected chi connectivity index (χ2v) is 4.81. The smallest absolute Gasteiger partial charge is 0.140 e. The van der Waals surface area contributed by atoms with Gasteiger partial charge in [0.25, 0.3) is 0 Å². The van der Waals surface area contributed by atoms with Gasteiger partial charge in [0.15, 0.2) is 0 Å². The number of ketones is 1. The van der Waals surface area contributed by atoms with E-state index in [1.165, 1.54) is 6.33 Å². The topological polar surface area (TPSA) is 73.8 Å². The van der Waals surface area contributed by atoms with Crippen LogP contribution in [0, 0.1) is 5.92 Å². The molecule has 17 heavy (non-hydrogen) atoms. The van der Waals surface area contributed by atoms with Crippen molar-refractivity contribution in [1.29, 1.82) is 0 Å². The van der Waals surface area contributed by atoms with Gasteiger partial charge in [-0.25, -0.2) is 9.67 Å². The Bertz CT molecular complexity index is 359. The van der Waals surface area contributed by atoms with Crippen LogP contribution in [0.15, 0.2) is 6.33 Å². The van der Waals surface area contributed by atoms with E-state index in [0.717, 1.165) is 12.2 Å². The molecule has 0 saturated heterocycles. The summed E-state index contributed by atoms with van der Waals surface area (Å²) >= 11 is 0. The maximum atomic E-state index is 11.8. The first-order valence-electron chi connectivity index (χ1n) is 6.14. The number of Topliss-reactive ketones (excluding diaryl/α,β-unsaturated/α-hetero) is 1. The number of hydrogen-bond donors (Lipinski definition) is 1. The summed E-state index contributed by atoms with van der Waals surface area (Å²) in [6.07, 6.45) is 3.30. The third kappa shape index (κ3) is 4.26. The van der Waals surface area contributed by atoms with E-state index in [4.69, 9.17) is 5.73 Å². The van der Waals surface area contributed by atoms with E-state index >= 15 is 0 Å². The van der Waals surface area contributed by atoms with Crippen LogP contribution in [0.3, 0.4) is 0 Å². The van der Waals surface area contributed by atoms with Gasteiger partial charge in [-0.1, -0.05) is 6.92 Å². The molecule has 0 amide bonds. The second-order valence-electron chi connectivity index (χ2n) is 4.81. The Balaban J connectivity index is 2.48. The average molecular weight is 238 g/mol. The number of nitrogens with zero attached hydrogens (tertiary/aromatic N) is 3. The second kappa shape index (κ2) is 6.49. The van der Waals surface area contributed by atoms with Gasteiger partial charge < -0.3 is 5.73 Å². The van der Waals surface area contributed by atoms with Crippen LogP contribution in [0.25, 0.3) is 0 Å². The van der Waals surface area contributed by atoms with Crippen molar-refractivity contribution in [2.24, 2.45) is 11.7 Å². The molecular formula is C12H22N4O. The monoisotopic (exact) mass is 238 g/mol. The molecule has 1 rings (SSSR count). The van der Waals surface area contributed by atoms with Crippen LogP contribution < -0.4 is 5.73 Å². The van der Waals surface area contributed by atoms with Crippen LogP contribution in [-0.2, 0) is 11.2 Å². The summed E-state index contributed by atoms with van der Waals surface area (Å²) in [4.78, 5) is 15.9. The average Bonchev–Trinajstić information content (AvgIpc) is 2.74. The molecule has 1 heterocycles. The van der Waals surface area contributed by atoms with Crippen molar-refractivity contribution in [2.45, 2.75) is 46.1 Å². The van der Waals surface area contributed by atoms with Gasteiger partial charge in [-0.2, -0.15) is 5.10 Å². The van der Waals surface area contributed by atoms with Gasteiger partial charge in [0.05, 0.1) is 6.42 Å². The van der Waals surface area contributed by atoms with Gasteiger partial charge in [-0.15, -0.1) is 0 Å². The van der Waals surface area contributed by atoms with Gasteiger partial charge in [0, 0.05) is 12.5 Å². The van der Waals surface area contributed by atoms with E-state index in [-0.39, 0.29) is 11.8 Å². The van der Waals surface area contributed by atoms with Crippen LogP contribution in [0.2, 0.25) is 0 Å². The summed E-state index contributed by atoms with van der Waals surface area (Å²) in [5.74, 6) is 1.37. The molecule has 2 N–H and O–H groups in total. The van der Waals surface area contributed by atoms with E-state index in [2.05, 4.69) is 17.0 Å². The first kappa shape index (κ1) is 13.8. The van der Waals surface area contributed by atoms with Crippen LogP contribution in [0.5, 0.6) is 0 Å². The molecule has 96 valence electrons. The van der Waals surface area contributed by atoms with Crippen molar-refractivity contribution in [2.75, 3.05) is 6.54 Å². The molecule has 0 aliphatic rings. The predicted octanol–water partition coefficient (Wildman–Crippen LogP) is 1.35. The fourth-order valence-electron chi connectivity index (χ4n) is 1.62. The van der Waals surface area contributed by atoms with Crippen LogP contribution in [0.4, 0.5) is 0 Å². The zero-order chi connectivity index (χ0) is 12.8. The molecule has 0 aromatic carbocycles. The lowest BCUT2D eigenvalue weighted by molar-refractivity contribution is -0.118. The van der Waals surface area contributed by atoms with Gasteiger partial charge in [0.2, 0.25) is 0 Å². The third-order valence-electron chi connectivity index (χ3n) is 2.81. The zero-order valence-corrected chi connectivity index (χ0v) is 10.9. The molecule has 0 spiro atoms.